The zero-order valence-electron chi connectivity index (χ0n) is 9.21. The Bertz CT molecular complexity index is 317. The summed E-state index contributed by atoms with van der Waals surface area (Å²) in [5, 5.41) is 1.31. The van der Waals surface area contributed by atoms with E-state index in [2.05, 4.69) is 30.9 Å². The average Bonchev–Trinajstić information content (AvgIpc) is 2.58. The van der Waals surface area contributed by atoms with E-state index in [9.17, 15) is 0 Å². The molecule has 0 spiro atoms. The van der Waals surface area contributed by atoms with Gasteiger partial charge in [0.15, 0.2) is 0 Å². The summed E-state index contributed by atoms with van der Waals surface area (Å²) in [6.45, 7) is 2.19. The fraction of sp³-hybridized carbons (Fsp3) is 0.727. The second kappa shape index (κ2) is 3.99. The van der Waals surface area contributed by atoms with Gasteiger partial charge in [-0.05, 0) is 39.8 Å². The van der Waals surface area contributed by atoms with Crippen molar-refractivity contribution in [2.45, 2.75) is 38.6 Å². The van der Waals surface area contributed by atoms with E-state index in [0.717, 1.165) is 12.5 Å². The zero-order valence-corrected chi connectivity index (χ0v) is 10.0. The maximum Gasteiger partial charge on any atom is 0.0928 e. The fourth-order valence-electron chi connectivity index (χ4n) is 2.00. The predicted molar refractivity (Wildman–Crippen MR) is 61.0 cm³/mol. The summed E-state index contributed by atoms with van der Waals surface area (Å²) in [5.74, 6) is 0. The lowest BCUT2D eigenvalue weighted by molar-refractivity contribution is 0.269. The summed E-state index contributed by atoms with van der Waals surface area (Å²) in [6, 6.07) is 0.729. The highest BCUT2D eigenvalue weighted by Crippen LogP contribution is 2.28. The van der Waals surface area contributed by atoms with E-state index in [-0.39, 0.29) is 0 Å². The van der Waals surface area contributed by atoms with Gasteiger partial charge in [-0.3, -0.25) is 0 Å². The highest BCUT2D eigenvalue weighted by molar-refractivity contribution is 7.11. The van der Waals surface area contributed by atoms with E-state index >= 15 is 0 Å². The van der Waals surface area contributed by atoms with Crippen LogP contribution in [0.25, 0.3) is 0 Å². The number of thiazole rings is 1. The summed E-state index contributed by atoms with van der Waals surface area (Å²) in [4.78, 5) is 8.54. The molecule has 0 saturated carbocycles. The van der Waals surface area contributed by atoms with Gasteiger partial charge in [0.2, 0.25) is 0 Å². The Balaban J connectivity index is 2.17. The lowest BCUT2D eigenvalue weighted by Crippen LogP contribution is -2.32. The number of rotatable bonds is 2. The first-order chi connectivity index (χ1) is 6.70. The van der Waals surface area contributed by atoms with Gasteiger partial charge >= 0.3 is 0 Å². The molecule has 2 rings (SSSR count). The Kier molecular flexibility index (Phi) is 2.88. The van der Waals surface area contributed by atoms with Gasteiger partial charge in [-0.25, -0.2) is 4.98 Å². The van der Waals surface area contributed by atoms with Crippen LogP contribution in [0.3, 0.4) is 0 Å². The van der Waals surface area contributed by atoms with Crippen molar-refractivity contribution in [1.29, 1.82) is 0 Å². The van der Waals surface area contributed by atoms with Crippen LogP contribution in [0.5, 0.6) is 0 Å². The lowest BCUT2D eigenvalue weighted by atomic mass is 9.97. The molecule has 1 unspecified atom stereocenters. The largest absolute Gasteiger partial charge is 0.306 e. The van der Waals surface area contributed by atoms with Crippen LogP contribution in [0.2, 0.25) is 0 Å². The van der Waals surface area contributed by atoms with Crippen LogP contribution in [0.1, 0.15) is 28.9 Å². The third kappa shape index (κ3) is 1.84. The fourth-order valence-corrected chi connectivity index (χ4v) is 3.13. The van der Waals surface area contributed by atoms with E-state index < -0.39 is 0 Å². The van der Waals surface area contributed by atoms with Crippen molar-refractivity contribution >= 4 is 11.3 Å². The Morgan fingerprint density at radius 3 is 2.93 bits per heavy atom. The Morgan fingerprint density at radius 1 is 1.50 bits per heavy atom. The molecule has 1 atom stereocenters. The van der Waals surface area contributed by atoms with Crippen molar-refractivity contribution < 1.29 is 0 Å². The van der Waals surface area contributed by atoms with Crippen molar-refractivity contribution in [2.75, 3.05) is 14.1 Å². The van der Waals surface area contributed by atoms with Crippen molar-refractivity contribution in [3.63, 3.8) is 0 Å². The molecule has 0 fully saturated rings. The van der Waals surface area contributed by atoms with Crippen LogP contribution in [-0.4, -0.2) is 30.0 Å². The smallest absolute Gasteiger partial charge is 0.0928 e. The molecule has 0 N–H and O–H groups in total. The molecule has 1 heterocycles. The number of aryl methyl sites for hydroxylation is 2. The summed E-state index contributed by atoms with van der Waals surface area (Å²) in [7, 11) is 4.36. The molecular formula is C11H18N2S. The second-order valence-electron chi connectivity index (χ2n) is 4.19. The van der Waals surface area contributed by atoms with Gasteiger partial charge in [0.1, 0.15) is 0 Å². The molecule has 1 aliphatic carbocycles. The summed E-state index contributed by atoms with van der Waals surface area (Å²) in [5.41, 5.74) is 1.38. The van der Waals surface area contributed by atoms with Crippen LogP contribution in [-0.2, 0) is 19.3 Å². The SMILES string of the molecule is CCc1nc2c(s1)CC(N(C)C)CC2. The third-order valence-electron chi connectivity index (χ3n) is 2.99. The number of fused-ring (bicyclic) bond motifs is 1. The average molecular weight is 210 g/mol. The van der Waals surface area contributed by atoms with E-state index in [1.54, 1.807) is 0 Å². The van der Waals surface area contributed by atoms with Gasteiger partial charge in [-0.1, -0.05) is 6.92 Å². The molecule has 0 saturated heterocycles. The van der Waals surface area contributed by atoms with Crippen LogP contribution < -0.4 is 0 Å². The molecule has 1 aromatic heterocycles. The van der Waals surface area contributed by atoms with Gasteiger partial charge in [-0.2, -0.15) is 0 Å². The highest BCUT2D eigenvalue weighted by atomic mass is 32.1. The van der Waals surface area contributed by atoms with Gasteiger partial charge in [-0.15, -0.1) is 11.3 Å². The Morgan fingerprint density at radius 2 is 2.29 bits per heavy atom. The normalized spacial score (nSPS) is 21.3. The number of hydrogen-bond donors (Lipinski definition) is 0. The monoisotopic (exact) mass is 210 g/mol. The third-order valence-corrected chi connectivity index (χ3v) is 4.25. The van der Waals surface area contributed by atoms with Gasteiger partial charge in [0.25, 0.3) is 0 Å². The number of aromatic nitrogens is 1. The molecule has 1 aromatic rings. The van der Waals surface area contributed by atoms with Crippen molar-refractivity contribution in [3.8, 4) is 0 Å². The first kappa shape index (κ1) is 10.1. The standard InChI is InChI=1S/C11H18N2S/c1-4-11-12-9-6-5-8(13(2)3)7-10(9)14-11/h8H,4-7H2,1-3H3. The molecule has 0 radical (unpaired) electrons. The molecule has 0 bridgehead atoms. The number of likely N-dealkylation sites (N-methyl/N-ethyl adjacent to an activating group) is 1. The van der Waals surface area contributed by atoms with Gasteiger partial charge in [0.05, 0.1) is 10.7 Å². The van der Waals surface area contributed by atoms with E-state index in [1.165, 1.54) is 34.8 Å². The molecule has 3 heteroatoms. The van der Waals surface area contributed by atoms with Crippen molar-refractivity contribution in [2.24, 2.45) is 0 Å². The van der Waals surface area contributed by atoms with Crippen molar-refractivity contribution in [1.82, 2.24) is 9.88 Å². The molecule has 1 aliphatic rings. The lowest BCUT2D eigenvalue weighted by Gasteiger charge is -2.27. The molecule has 14 heavy (non-hydrogen) atoms. The van der Waals surface area contributed by atoms with Crippen LogP contribution in [0.4, 0.5) is 0 Å². The first-order valence-electron chi connectivity index (χ1n) is 5.34. The minimum absolute atomic E-state index is 0.729. The highest BCUT2D eigenvalue weighted by Gasteiger charge is 2.23. The van der Waals surface area contributed by atoms with E-state index in [1.807, 2.05) is 11.3 Å². The maximum atomic E-state index is 4.66. The van der Waals surface area contributed by atoms with Crippen LogP contribution in [0.15, 0.2) is 0 Å². The van der Waals surface area contributed by atoms with E-state index in [0.29, 0.717) is 0 Å². The minimum atomic E-state index is 0.729. The molecular weight excluding hydrogens is 192 g/mol. The summed E-state index contributed by atoms with van der Waals surface area (Å²) >= 11 is 1.92. The number of nitrogens with zero attached hydrogens (tertiary/aromatic N) is 2. The number of hydrogen-bond acceptors (Lipinski definition) is 3. The van der Waals surface area contributed by atoms with Crippen molar-refractivity contribution in [3.05, 3.63) is 15.6 Å². The second-order valence-corrected chi connectivity index (χ2v) is 5.36. The quantitative estimate of drug-likeness (QED) is 0.743. The zero-order chi connectivity index (χ0) is 10.1. The van der Waals surface area contributed by atoms with Gasteiger partial charge in [0, 0.05) is 10.9 Å². The maximum absolute atomic E-state index is 4.66. The molecule has 0 amide bonds. The van der Waals surface area contributed by atoms with Crippen LogP contribution in [0, 0.1) is 0 Å². The molecule has 0 aliphatic heterocycles. The topological polar surface area (TPSA) is 16.1 Å². The summed E-state index contributed by atoms with van der Waals surface area (Å²) in [6.07, 6.45) is 4.74. The van der Waals surface area contributed by atoms with E-state index in [4.69, 9.17) is 0 Å². The molecule has 2 nitrogen and oxygen atoms in total. The first-order valence-corrected chi connectivity index (χ1v) is 6.16. The van der Waals surface area contributed by atoms with Crippen LogP contribution >= 0.6 is 11.3 Å². The van der Waals surface area contributed by atoms with Gasteiger partial charge < -0.3 is 4.90 Å². The summed E-state index contributed by atoms with van der Waals surface area (Å²) < 4.78 is 0. The predicted octanol–water partition coefficient (Wildman–Crippen LogP) is 2.12. The Labute approximate surface area is 90.0 Å². The molecule has 78 valence electrons. The molecule has 0 aromatic carbocycles. The minimum Gasteiger partial charge on any atom is -0.306 e. The Hall–Kier alpha value is -0.410.